The first-order valence-electron chi connectivity index (χ1n) is 9.27. The monoisotopic (exact) mass is 342 g/mol. The number of carbonyl (C=O) groups excluding carboxylic acids is 2. The molecule has 3 rings (SSSR count). The molecule has 0 aliphatic heterocycles. The van der Waals surface area contributed by atoms with Crippen molar-refractivity contribution < 1.29 is 14.0 Å². The molecule has 1 aromatic carbocycles. The third-order valence-corrected chi connectivity index (χ3v) is 4.46. The van der Waals surface area contributed by atoms with Gasteiger partial charge in [-0.25, -0.2) is 0 Å². The number of furan rings is 1. The molecule has 25 heavy (non-hydrogen) atoms. The van der Waals surface area contributed by atoms with E-state index in [1.54, 1.807) is 0 Å². The molecule has 1 heterocycles. The molecule has 2 amide bonds. The Labute approximate surface area is 148 Å². The van der Waals surface area contributed by atoms with Crippen molar-refractivity contribution in [3.05, 3.63) is 35.6 Å². The molecule has 0 saturated heterocycles. The standard InChI is InChI=1S/C20H26N2O3/c1-2-3-8-17-19(15-7-4-5-9-16(15)25-17)20(24)21-13-6-10-18(23)22-14-11-12-14/h4-5,7,9,14H,2-3,6,8,10-13H2,1H3,(H,21,24)(H,22,23). The summed E-state index contributed by atoms with van der Waals surface area (Å²) in [5.74, 6) is 0.722. The van der Waals surface area contributed by atoms with Gasteiger partial charge in [0.15, 0.2) is 0 Å². The fraction of sp³-hybridized carbons (Fsp3) is 0.500. The van der Waals surface area contributed by atoms with E-state index in [4.69, 9.17) is 4.42 Å². The summed E-state index contributed by atoms with van der Waals surface area (Å²) in [6.07, 6.45) is 6.08. The van der Waals surface area contributed by atoms with Crippen molar-refractivity contribution in [3.63, 3.8) is 0 Å². The van der Waals surface area contributed by atoms with Gasteiger partial charge in [0, 0.05) is 30.8 Å². The van der Waals surface area contributed by atoms with E-state index in [0.717, 1.165) is 48.8 Å². The maximum Gasteiger partial charge on any atom is 0.255 e. The van der Waals surface area contributed by atoms with Gasteiger partial charge in [-0.15, -0.1) is 0 Å². The average molecular weight is 342 g/mol. The van der Waals surface area contributed by atoms with Gasteiger partial charge in [0.25, 0.3) is 5.91 Å². The molecule has 2 aromatic rings. The van der Waals surface area contributed by atoms with Crippen LogP contribution in [0.25, 0.3) is 11.0 Å². The van der Waals surface area contributed by atoms with E-state index in [9.17, 15) is 9.59 Å². The summed E-state index contributed by atoms with van der Waals surface area (Å²) in [4.78, 5) is 24.3. The molecule has 1 aromatic heterocycles. The fourth-order valence-electron chi connectivity index (χ4n) is 2.93. The Kier molecular flexibility index (Phi) is 5.74. The predicted octanol–water partition coefficient (Wildman–Crippen LogP) is 3.56. The van der Waals surface area contributed by atoms with Gasteiger partial charge in [-0.3, -0.25) is 9.59 Å². The van der Waals surface area contributed by atoms with Crippen LogP contribution in [-0.2, 0) is 11.2 Å². The molecule has 0 bridgehead atoms. The van der Waals surface area contributed by atoms with E-state index in [0.29, 0.717) is 31.0 Å². The van der Waals surface area contributed by atoms with E-state index in [1.807, 2.05) is 24.3 Å². The number of rotatable bonds is 9. The van der Waals surface area contributed by atoms with Crippen molar-refractivity contribution >= 4 is 22.8 Å². The lowest BCUT2D eigenvalue weighted by atomic mass is 10.1. The average Bonchev–Trinajstić information content (AvgIpc) is 3.34. The van der Waals surface area contributed by atoms with Crippen LogP contribution in [0.1, 0.15) is 61.6 Å². The second-order valence-electron chi connectivity index (χ2n) is 6.70. The molecule has 1 aliphatic rings. The van der Waals surface area contributed by atoms with Crippen LogP contribution in [-0.4, -0.2) is 24.4 Å². The summed E-state index contributed by atoms with van der Waals surface area (Å²) in [7, 11) is 0. The molecule has 5 nitrogen and oxygen atoms in total. The van der Waals surface area contributed by atoms with Gasteiger partial charge < -0.3 is 15.1 Å². The van der Waals surface area contributed by atoms with Crippen LogP contribution in [0.4, 0.5) is 0 Å². The highest BCUT2D eigenvalue weighted by Crippen LogP contribution is 2.27. The first-order chi connectivity index (χ1) is 12.2. The van der Waals surface area contributed by atoms with Crippen molar-refractivity contribution in [2.24, 2.45) is 0 Å². The Morgan fingerprint density at radius 3 is 2.76 bits per heavy atom. The van der Waals surface area contributed by atoms with Crippen LogP contribution < -0.4 is 10.6 Å². The Morgan fingerprint density at radius 2 is 2.00 bits per heavy atom. The Balaban J connectivity index is 1.59. The second kappa shape index (κ2) is 8.19. The first-order valence-corrected chi connectivity index (χ1v) is 9.27. The zero-order chi connectivity index (χ0) is 17.6. The number of hydrogen-bond acceptors (Lipinski definition) is 3. The Hall–Kier alpha value is -2.30. The third kappa shape index (κ3) is 4.62. The van der Waals surface area contributed by atoms with Crippen LogP contribution >= 0.6 is 0 Å². The first kappa shape index (κ1) is 17.5. The van der Waals surface area contributed by atoms with Crippen LogP contribution in [0.3, 0.4) is 0 Å². The summed E-state index contributed by atoms with van der Waals surface area (Å²) in [6.45, 7) is 2.61. The van der Waals surface area contributed by atoms with Crippen LogP contribution in [0.2, 0.25) is 0 Å². The normalized spacial score (nSPS) is 13.8. The number of carbonyl (C=O) groups is 2. The Bertz CT molecular complexity index is 746. The van der Waals surface area contributed by atoms with E-state index in [2.05, 4.69) is 17.6 Å². The molecule has 5 heteroatoms. The number of nitrogens with one attached hydrogen (secondary N) is 2. The quantitative estimate of drug-likeness (QED) is 0.685. The van der Waals surface area contributed by atoms with E-state index in [-0.39, 0.29) is 11.8 Å². The van der Waals surface area contributed by atoms with E-state index >= 15 is 0 Å². The molecule has 0 spiro atoms. The molecule has 0 unspecified atom stereocenters. The highest BCUT2D eigenvalue weighted by Gasteiger charge is 2.23. The smallest absolute Gasteiger partial charge is 0.255 e. The summed E-state index contributed by atoms with van der Waals surface area (Å²) < 4.78 is 5.89. The number of fused-ring (bicyclic) bond motifs is 1. The van der Waals surface area contributed by atoms with Crippen molar-refractivity contribution in [1.29, 1.82) is 0 Å². The lowest BCUT2D eigenvalue weighted by molar-refractivity contribution is -0.121. The van der Waals surface area contributed by atoms with E-state index < -0.39 is 0 Å². The molecular formula is C20H26N2O3. The minimum atomic E-state index is -0.112. The predicted molar refractivity (Wildman–Crippen MR) is 97.6 cm³/mol. The summed E-state index contributed by atoms with van der Waals surface area (Å²) in [5.41, 5.74) is 1.40. The van der Waals surface area contributed by atoms with Crippen molar-refractivity contribution in [1.82, 2.24) is 10.6 Å². The maximum absolute atomic E-state index is 12.7. The van der Waals surface area contributed by atoms with Gasteiger partial charge in [-0.2, -0.15) is 0 Å². The Morgan fingerprint density at radius 1 is 1.20 bits per heavy atom. The number of para-hydroxylation sites is 1. The lowest BCUT2D eigenvalue weighted by Gasteiger charge is -2.06. The van der Waals surface area contributed by atoms with Crippen molar-refractivity contribution in [2.75, 3.05) is 6.54 Å². The SMILES string of the molecule is CCCCc1oc2ccccc2c1C(=O)NCCCC(=O)NC1CC1. The van der Waals surface area contributed by atoms with Crippen molar-refractivity contribution in [3.8, 4) is 0 Å². The minimum Gasteiger partial charge on any atom is -0.460 e. The summed E-state index contributed by atoms with van der Waals surface area (Å²) >= 11 is 0. The zero-order valence-electron chi connectivity index (χ0n) is 14.8. The molecule has 0 radical (unpaired) electrons. The molecule has 0 atom stereocenters. The molecule has 134 valence electrons. The molecule has 1 saturated carbocycles. The van der Waals surface area contributed by atoms with Crippen LogP contribution in [0, 0.1) is 0 Å². The molecule has 1 fully saturated rings. The number of aryl methyl sites for hydroxylation is 1. The molecule has 1 aliphatic carbocycles. The largest absolute Gasteiger partial charge is 0.460 e. The van der Waals surface area contributed by atoms with Crippen LogP contribution in [0.5, 0.6) is 0 Å². The van der Waals surface area contributed by atoms with Crippen LogP contribution in [0.15, 0.2) is 28.7 Å². The maximum atomic E-state index is 12.7. The number of unbranched alkanes of at least 4 members (excludes halogenated alkanes) is 1. The lowest BCUT2D eigenvalue weighted by Crippen LogP contribution is -2.28. The summed E-state index contributed by atoms with van der Waals surface area (Å²) in [5, 5.41) is 6.76. The topological polar surface area (TPSA) is 71.3 Å². The minimum absolute atomic E-state index is 0.0779. The van der Waals surface area contributed by atoms with Gasteiger partial charge >= 0.3 is 0 Å². The van der Waals surface area contributed by atoms with Gasteiger partial charge in [0.1, 0.15) is 11.3 Å². The van der Waals surface area contributed by atoms with Gasteiger partial charge in [-0.1, -0.05) is 31.5 Å². The number of amides is 2. The number of hydrogen-bond donors (Lipinski definition) is 2. The molecule has 2 N–H and O–H groups in total. The van der Waals surface area contributed by atoms with E-state index in [1.165, 1.54) is 0 Å². The highest BCUT2D eigenvalue weighted by atomic mass is 16.3. The number of benzene rings is 1. The zero-order valence-corrected chi connectivity index (χ0v) is 14.8. The fourth-order valence-corrected chi connectivity index (χ4v) is 2.93. The van der Waals surface area contributed by atoms with Gasteiger partial charge in [-0.05, 0) is 31.7 Å². The third-order valence-electron chi connectivity index (χ3n) is 4.46. The highest BCUT2D eigenvalue weighted by molar-refractivity contribution is 6.07. The second-order valence-corrected chi connectivity index (χ2v) is 6.70. The van der Waals surface area contributed by atoms with Gasteiger partial charge in [0.05, 0.1) is 5.56 Å². The summed E-state index contributed by atoms with van der Waals surface area (Å²) in [6, 6.07) is 8.03. The molecular weight excluding hydrogens is 316 g/mol. The van der Waals surface area contributed by atoms with Gasteiger partial charge in [0.2, 0.25) is 5.91 Å². The van der Waals surface area contributed by atoms with Crippen molar-refractivity contribution in [2.45, 2.75) is 57.9 Å².